The Morgan fingerprint density at radius 1 is 1.00 bits per heavy atom. The molecule has 2 aromatic carbocycles. The zero-order chi connectivity index (χ0) is 16.4. The van der Waals surface area contributed by atoms with E-state index >= 15 is 0 Å². The summed E-state index contributed by atoms with van der Waals surface area (Å²) in [6.07, 6.45) is 0. The molecule has 0 atom stereocenters. The molecular weight excluding hydrogens is 297 g/mol. The number of fused-ring (bicyclic) bond motifs is 1. The zero-order valence-electron chi connectivity index (χ0n) is 12.3. The van der Waals surface area contributed by atoms with Crippen molar-refractivity contribution in [3.05, 3.63) is 70.3 Å². The van der Waals surface area contributed by atoms with Crippen LogP contribution >= 0.6 is 0 Å². The van der Waals surface area contributed by atoms with Crippen LogP contribution < -0.4 is 16.2 Å². The summed E-state index contributed by atoms with van der Waals surface area (Å²) in [5, 5.41) is 6.17. The fraction of sp³-hybridized carbons (Fsp3) is 0.0588. The van der Waals surface area contributed by atoms with Crippen molar-refractivity contribution in [3.63, 3.8) is 0 Å². The van der Waals surface area contributed by atoms with Gasteiger partial charge in [-0.2, -0.15) is 0 Å². The van der Waals surface area contributed by atoms with Crippen LogP contribution in [0.2, 0.25) is 0 Å². The topological polar surface area (TPSA) is 74.0 Å². The van der Waals surface area contributed by atoms with Gasteiger partial charge in [0.2, 0.25) is 5.56 Å². The minimum atomic E-state index is -0.432. The Labute approximate surface area is 131 Å². The number of hydrogen-bond donors (Lipinski definition) is 3. The first kappa shape index (κ1) is 14.8. The zero-order valence-corrected chi connectivity index (χ0v) is 12.3. The van der Waals surface area contributed by atoms with Crippen LogP contribution in [0.3, 0.4) is 0 Å². The minimum absolute atomic E-state index is 0.162. The summed E-state index contributed by atoms with van der Waals surface area (Å²) >= 11 is 0. The largest absolute Gasteiger partial charge is 0.323 e. The maximum atomic E-state index is 12.8. The van der Waals surface area contributed by atoms with Gasteiger partial charge in [-0.1, -0.05) is 0 Å². The summed E-state index contributed by atoms with van der Waals surface area (Å²) in [5.74, 6) is -0.366. The van der Waals surface area contributed by atoms with E-state index in [-0.39, 0.29) is 11.4 Å². The summed E-state index contributed by atoms with van der Waals surface area (Å²) in [6, 6.07) is 11.8. The molecule has 23 heavy (non-hydrogen) atoms. The van der Waals surface area contributed by atoms with Crippen LogP contribution in [-0.2, 0) is 0 Å². The highest BCUT2D eigenvalue weighted by Crippen LogP contribution is 2.19. The molecule has 2 amide bonds. The van der Waals surface area contributed by atoms with Gasteiger partial charge in [-0.3, -0.25) is 4.79 Å². The van der Waals surface area contributed by atoms with Crippen LogP contribution in [0, 0.1) is 12.7 Å². The molecule has 0 unspecified atom stereocenters. The Morgan fingerprint density at radius 2 is 1.65 bits per heavy atom. The number of carbonyl (C=O) groups is 1. The molecule has 0 bridgehead atoms. The Hall–Kier alpha value is -3.15. The van der Waals surface area contributed by atoms with E-state index < -0.39 is 6.03 Å². The number of aryl methyl sites for hydroxylation is 1. The summed E-state index contributed by atoms with van der Waals surface area (Å²) < 4.78 is 12.8. The van der Waals surface area contributed by atoms with E-state index in [1.54, 1.807) is 18.2 Å². The van der Waals surface area contributed by atoms with Gasteiger partial charge in [0.15, 0.2) is 0 Å². The molecule has 1 heterocycles. The lowest BCUT2D eigenvalue weighted by atomic mass is 10.1. The number of benzene rings is 2. The molecule has 0 aliphatic rings. The molecule has 0 spiro atoms. The SMILES string of the molecule is Cc1cc(=O)[nH]c2ccc(NC(=O)Nc3ccc(F)cc3)cc12. The predicted molar refractivity (Wildman–Crippen MR) is 88.3 cm³/mol. The molecule has 1 aromatic heterocycles. The van der Waals surface area contributed by atoms with E-state index in [0.717, 1.165) is 10.9 Å². The fourth-order valence-corrected chi connectivity index (χ4v) is 2.33. The minimum Gasteiger partial charge on any atom is -0.322 e. The number of amides is 2. The van der Waals surface area contributed by atoms with Crippen molar-refractivity contribution in [2.24, 2.45) is 0 Å². The van der Waals surface area contributed by atoms with Crippen LogP contribution in [0.5, 0.6) is 0 Å². The van der Waals surface area contributed by atoms with Gasteiger partial charge in [0.25, 0.3) is 0 Å². The highest BCUT2D eigenvalue weighted by Gasteiger charge is 2.05. The standard InChI is InChI=1S/C17H14FN3O2/c1-10-8-16(22)21-15-7-6-13(9-14(10)15)20-17(23)19-12-4-2-11(18)3-5-12/h2-9H,1H3,(H,21,22)(H2,19,20,23). The summed E-state index contributed by atoms with van der Waals surface area (Å²) in [5.41, 5.74) is 2.45. The smallest absolute Gasteiger partial charge is 0.322 e. The monoisotopic (exact) mass is 311 g/mol. The fourth-order valence-electron chi connectivity index (χ4n) is 2.33. The first-order valence-corrected chi connectivity index (χ1v) is 6.98. The molecule has 3 N–H and O–H groups in total. The molecule has 0 fully saturated rings. The number of H-pyrrole nitrogens is 1. The Bertz CT molecular complexity index is 933. The second-order valence-corrected chi connectivity index (χ2v) is 5.16. The third-order valence-corrected chi connectivity index (χ3v) is 3.41. The average Bonchev–Trinajstić information content (AvgIpc) is 2.50. The maximum absolute atomic E-state index is 12.8. The lowest BCUT2D eigenvalue weighted by Crippen LogP contribution is -2.19. The Morgan fingerprint density at radius 3 is 2.39 bits per heavy atom. The van der Waals surface area contributed by atoms with E-state index in [1.165, 1.54) is 30.3 Å². The van der Waals surface area contributed by atoms with Crippen molar-refractivity contribution in [2.75, 3.05) is 10.6 Å². The first-order valence-electron chi connectivity index (χ1n) is 6.98. The number of pyridine rings is 1. The molecular formula is C17H14FN3O2. The van der Waals surface area contributed by atoms with Gasteiger partial charge in [0.05, 0.1) is 0 Å². The quantitative estimate of drug-likeness (QED) is 0.676. The van der Waals surface area contributed by atoms with Crippen molar-refractivity contribution in [1.82, 2.24) is 4.98 Å². The van der Waals surface area contributed by atoms with Crippen LogP contribution in [0.4, 0.5) is 20.6 Å². The highest BCUT2D eigenvalue weighted by molar-refractivity contribution is 6.01. The van der Waals surface area contributed by atoms with Crippen molar-refractivity contribution in [2.45, 2.75) is 6.92 Å². The normalized spacial score (nSPS) is 10.5. The van der Waals surface area contributed by atoms with Crippen LogP contribution in [0.25, 0.3) is 10.9 Å². The molecule has 0 aliphatic carbocycles. The summed E-state index contributed by atoms with van der Waals surface area (Å²) in [7, 11) is 0. The molecule has 0 aliphatic heterocycles. The number of anilines is 2. The molecule has 116 valence electrons. The van der Waals surface area contributed by atoms with Crippen molar-refractivity contribution >= 4 is 28.3 Å². The van der Waals surface area contributed by atoms with Crippen molar-refractivity contribution in [3.8, 4) is 0 Å². The van der Waals surface area contributed by atoms with Crippen LogP contribution in [0.15, 0.2) is 53.3 Å². The third kappa shape index (κ3) is 3.37. The van der Waals surface area contributed by atoms with E-state index in [9.17, 15) is 14.0 Å². The van der Waals surface area contributed by atoms with E-state index in [2.05, 4.69) is 15.6 Å². The van der Waals surface area contributed by atoms with Crippen LogP contribution in [0.1, 0.15) is 5.56 Å². The molecule has 0 saturated heterocycles. The highest BCUT2D eigenvalue weighted by atomic mass is 19.1. The number of aromatic amines is 1. The summed E-state index contributed by atoms with van der Waals surface area (Å²) in [6.45, 7) is 1.83. The van der Waals surface area contributed by atoms with Gasteiger partial charge in [-0.05, 0) is 55.0 Å². The Balaban J connectivity index is 1.79. The van der Waals surface area contributed by atoms with E-state index in [4.69, 9.17) is 0 Å². The van der Waals surface area contributed by atoms with Crippen molar-refractivity contribution < 1.29 is 9.18 Å². The third-order valence-electron chi connectivity index (χ3n) is 3.41. The average molecular weight is 311 g/mol. The maximum Gasteiger partial charge on any atom is 0.323 e. The lowest BCUT2D eigenvalue weighted by Gasteiger charge is -2.09. The number of urea groups is 1. The molecule has 3 aromatic rings. The van der Waals surface area contributed by atoms with Crippen LogP contribution in [-0.4, -0.2) is 11.0 Å². The molecule has 6 heteroatoms. The summed E-state index contributed by atoms with van der Waals surface area (Å²) in [4.78, 5) is 26.1. The van der Waals surface area contributed by atoms with Gasteiger partial charge in [0, 0.05) is 28.3 Å². The van der Waals surface area contributed by atoms with Crippen molar-refractivity contribution in [1.29, 1.82) is 0 Å². The van der Waals surface area contributed by atoms with E-state index in [1.807, 2.05) is 6.92 Å². The number of nitrogens with one attached hydrogen (secondary N) is 3. The number of hydrogen-bond acceptors (Lipinski definition) is 2. The molecule has 3 rings (SSSR count). The van der Waals surface area contributed by atoms with Gasteiger partial charge in [-0.25, -0.2) is 9.18 Å². The number of aromatic nitrogens is 1. The number of halogens is 1. The van der Waals surface area contributed by atoms with Gasteiger partial charge in [0.1, 0.15) is 5.82 Å². The second-order valence-electron chi connectivity index (χ2n) is 5.16. The predicted octanol–water partition coefficient (Wildman–Crippen LogP) is 3.62. The van der Waals surface area contributed by atoms with E-state index in [0.29, 0.717) is 16.9 Å². The van der Waals surface area contributed by atoms with Gasteiger partial charge < -0.3 is 15.6 Å². The molecule has 5 nitrogen and oxygen atoms in total. The lowest BCUT2D eigenvalue weighted by molar-refractivity contribution is 0.262. The second kappa shape index (κ2) is 5.92. The van der Waals surface area contributed by atoms with Gasteiger partial charge in [-0.15, -0.1) is 0 Å². The molecule has 0 saturated carbocycles. The number of carbonyl (C=O) groups excluding carboxylic acids is 1. The number of rotatable bonds is 2. The molecule has 0 radical (unpaired) electrons. The van der Waals surface area contributed by atoms with Gasteiger partial charge >= 0.3 is 6.03 Å². The Kier molecular flexibility index (Phi) is 3.80. The first-order chi connectivity index (χ1) is 11.0.